The number of rotatable bonds is 6. The van der Waals surface area contributed by atoms with Crippen LogP contribution in [0.25, 0.3) is 0 Å². The molecule has 0 amide bonds. The molecule has 0 atom stereocenters. The van der Waals surface area contributed by atoms with E-state index in [1.54, 1.807) is 20.8 Å². The van der Waals surface area contributed by atoms with Gasteiger partial charge in [0.1, 0.15) is 18.6 Å². The van der Waals surface area contributed by atoms with Gasteiger partial charge in [0.15, 0.2) is 5.78 Å². The summed E-state index contributed by atoms with van der Waals surface area (Å²) < 4.78 is 10.2. The lowest BCUT2D eigenvalue weighted by Gasteiger charge is -2.19. The molecule has 0 aromatic carbocycles. The summed E-state index contributed by atoms with van der Waals surface area (Å²) in [4.78, 5) is 22.6. The van der Waals surface area contributed by atoms with E-state index in [-0.39, 0.29) is 18.8 Å². The van der Waals surface area contributed by atoms with Crippen molar-refractivity contribution in [3.8, 4) is 0 Å². The molecule has 0 rings (SSSR count). The third-order valence-electron chi connectivity index (χ3n) is 1.48. The van der Waals surface area contributed by atoms with E-state index in [1.165, 1.54) is 0 Å². The van der Waals surface area contributed by atoms with Crippen LogP contribution < -0.4 is 0 Å². The van der Waals surface area contributed by atoms with Gasteiger partial charge in [-0.25, -0.2) is 0 Å². The van der Waals surface area contributed by atoms with Gasteiger partial charge in [0.05, 0.1) is 0 Å². The van der Waals surface area contributed by atoms with E-state index in [0.29, 0.717) is 12.5 Å². The number of carbonyl (C=O) groups is 2. The van der Waals surface area contributed by atoms with Gasteiger partial charge in [-0.05, 0) is 26.7 Å². The van der Waals surface area contributed by atoms with Gasteiger partial charge in [0.25, 0.3) is 0 Å². The zero-order valence-electron chi connectivity index (χ0n) is 10.8. The predicted molar refractivity (Wildman–Crippen MR) is 61.1 cm³/mol. The van der Waals surface area contributed by atoms with Gasteiger partial charge in [-0.2, -0.15) is 0 Å². The molecule has 0 N–H and O–H groups in total. The quantitative estimate of drug-likeness (QED) is 0.517. The molecule has 0 aromatic heterocycles. The largest absolute Gasteiger partial charge is 0.460 e. The van der Waals surface area contributed by atoms with E-state index in [4.69, 9.17) is 9.47 Å². The van der Waals surface area contributed by atoms with E-state index in [1.807, 2.05) is 13.8 Å². The van der Waals surface area contributed by atoms with Gasteiger partial charge < -0.3 is 9.47 Å². The minimum atomic E-state index is -0.545. The van der Waals surface area contributed by atoms with Crippen molar-refractivity contribution >= 4 is 11.8 Å². The fraction of sp³-hybridized carbons (Fsp3) is 0.833. The Morgan fingerprint density at radius 2 is 1.75 bits per heavy atom. The van der Waals surface area contributed by atoms with Crippen LogP contribution in [0.15, 0.2) is 0 Å². The van der Waals surface area contributed by atoms with E-state index < -0.39 is 11.6 Å². The fourth-order valence-electron chi connectivity index (χ4n) is 0.998. The molecule has 0 saturated heterocycles. The first kappa shape index (κ1) is 15.1. The van der Waals surface area contributed by atoms with E-state index in [2.05, 4.69) is 0 Å². The zero-order valence-corrected chi connectivity index (χ0v) is 10.8. The molecule has 4 heteroatoms. The highest BCUT2D eigenvalue weighted by Crippen LogP contribution is 2.08. The Morgan fingerprint density at radius 3 is 2.19 bits per heavy atom. The van der Waals surface area contributed by atoms with E-state index in [9.17, 15) is 9.59 Å². The molecule has 0 fully saturated rings. The van der Waals surface area contributed by atoms with Crippen LogP contribution in [0.5, 0.6) is 0 Å². The van der Waals surface area contributed by atoms with Crippen molar-refractivity contribution < 1.29 is 19.1 Å². The minimum Gasteiger partial charge on any atom is -0.460 e. The molecule has 0 aliphatic heterocycles. The Labute approximate surface area is 97.3 Å². The summed E-state index contributed by atoms with van der Waals surface area (Å²) in [6, 6.07) is 0. The number of carbonyl (C=O) groups excluding carboxylic acids is 2. The zero-order chi connectivity index (χ0) is 12.8. The Morgan fingerprint density at radius 1 is 1.19 bits per heavy atom. The van der Waals surface area contributed by atoms with Crippen molar-refractivity contribution in [1.29, 1.82) is 0 Å². The number of hydrogen-bond donors (Lipinski definition) is 0. The Kier molecular flexibility index (Phi) is 6.26. The molecule has 16 heavy (non-hydrogen) atoms. The lowest BCUT2D eigenvalue weighted by Crippen LogP contribution is -2.26. The molecule has 0 unspecified atom stereocenters. The van der Waals surface area contributed by atoms with Crippen LogP contribution in [0.1, 0.15) is 41.0 Å². The van der Waals surface area contributed by atoms with Gasteiger partial charge >= 0.3 is 5.97 Å². The predicted octanol–water partition coefficient (Wildman–Crippen LogP) is 1.96. The van der Waals surface area contributed by atoms with Crippen molar-refractivity contribution in [3.05, 3.63) is 0 Å². The molecule has 0 aliphatic rings. The number of hydrogen-bond acceptors (Lipinski definition) is 4. The Bertz CT molecular complexity index is 238. The summed E-state index contributed by atoms with van der Waals surface area (Å²) in [5.74, 6) is -0.352. The molecule has 94 valence electrons. The van der Waals surface area contributed by atoms with Crippen molar-refractivity contribution in [2.24, 2.45) is 5.92 Å². The average molecular weight is 230 g/mol. The third kappa shape index (κ3) is 9.65. The van der Waals surface area contributed by atoms with E-state index >= 15 is 0 Å². The molecule has 0 aromatic rings. The smallest absolute Gasteiger partial charge is 0.313 e. The normalized spacial score (nSPS) is 11.6. The summed E-state index contributed by atoms with van der Waals surface area (Å²) >= 11 is 0. The first-order valence-corrected chi connectivity index (χ1v) is 5.52. The summed E-state index contributed by atoms with van der Waals surface area (Å²) in [5.41, 5.74) is -0.545. The highest BCUT2D eigenvalue weighted by Gasteiger charge is 2.18. The van der Waals surface area contributed by atoms with Crippen LogP contribution in [-0.2, 0) is 19.1 Å². The minimum absolute atomic E-state index is 0.0164. The summed E-state index contributed by atoms with van der Waals surface area (Å²) in [6.45, 7) is 9.81. The molecule has 0 aliphatic carbocycles. The topological polar surface area (TPSA) is 52.6 Å². The van der Waals surface area contributed by atoms with Crippen molar-refractivity contribution in [3.63, 3.8) is 0 Å². The van der Waals surface area contributed by atoms with Gasteiger partial charge in [0, 0.05) is 6.61 Å². The molecule has 0 saturated carbocycles. The fourth-order valence-corrected chi connectivity index (χ4v) is 0.998. The molecular formula is C12H22O4. The summed E-state index contributed by atoms with van der Waals surface area (Å²) in [6.07, 6.45) is -0.213. The van der Waals surface area contributed by atoms with Gasteiger partial charge in [0.2, 0.25) is 0 Å². The van der Waals surface area contributed by atoms with Crippen molar-refractivity contribution in [2.75, 3.05) is 13.2 Å². The standard InChI is InChI=1S/C12H22O4/c1-9(2)7-15-8-10(13)6-11(14)16-12(3,4)5/h9H,6-8H2,1-5H3. The van der Waals surface area contributed by atoms with Crippen LogP contribution in [0.3, 0.4) is 0 Å². The molecule has 0 spiro atoms. The first-order valence-electron chi connectivity index (χ1n) is 5.52. The van der Waals surface area contributed by atoms with E-state index in [0.717, 1.165) is 0 Å². The van der Waals surface area contributed by atoms with Crippen LogP contribution in [0, 0.1) is 5.92 Å². The van der Waals surface area contributed by atoms with Gasteiger partial charge in [-0.1, -0.05) is 13.8 Å². The highest BCUT2D eigenvalue weighted by atomic mass is 16.6. The second-order valence-corrected chi connectivity index (χ2v) is 5.21. The average Bonchev–Trinajstić information content (AvgIpc) is 1.98. The van der Waals surface area contributed by atoms with Crippen molar-refractivity contribution in [2.45, 2.75) is 46.6 Å². The maximum Gasteiger partial charge on any atom is 0.313 e. The maximum atomic E-state index is 11.3. The lowest BCUT2D eigenvalue weighted by atomic mass is 10.2. The molecule has 0 radical (unpaired) electrons. The Hall–Kier alpha value is -0.900. The van der Waals surface area contributed by atoms with Gasteiger partial charge in [-0.3, -0.25) is 9.59 Å². The van der Waals surface area contributed by atoms with Crippen LogP contribution in [0.4, 0.5) is 0 Å². The maximum absolute atomic E-state index is 11.3. The van der Waals surface area contributed by atoms with Gasteiger partial charge in [-0.15, -0.1) is 0 Å². The molecule has 0 heterocycles. The number of esters is 1. The monoisotopic (exact) mass is 230 g/mol. The number of Topliss-reactive ketones (excluding diaryl/α,β-unsaturated/α-hetero) is 1. The number of ketones is 1. The first-order chi connectivity index (χ1) is 7.20. The summed E-state index contributed by atoms with van der Waals surface area (Å²) in [7, 11) is 0. The lowest BCUT2D eigenvalue weighted by molar-refractivity contribution is -0.156. The van der Waals surface area contributed by atoms with Crippen LogP contribution in [-0.4, -0.2) is 30.6 Å². The second-order valence-electron chi connectivity index (χ2n) is 5.21. The molecule has 4 nitrogen and oxygen atoms in total. The third-order valence-corrected chi connectivity index (χ3v) is 1.48. The Balaban J connectivity index is 3.75. The molecule has 0 bridgehead atoms. The molecular weight excluding hydrogens is 208 g/mol. The SMILES string of the molecule is CC(C)COCC(=O)CC(=O)OC(C)(C)C. The second kappa shape index (κ2) is 6.63. The highest BCUT2D eigenvalue weighted by molar-refractivity contribution is 5.96. The van der Waals surface area contributed by atoms with Crippen LogP contribution in [0.2, 0.25) is 0 Å². The summed E-state index contributed by atoms with van der Waals surface area (Å²) in [5, 5.41) is 0. The van der Waals surface area contributed by atoms with Crippen LogP contribution >= 0.6 is 0 Å². The van der Waals surface area contributed by atoms with Crippen molar-refractivity contribution in [1.82, 2.24) is 0 Å². The number of ether oxygens (including phenoxy) is 2.